The molecule has 0 radical (unpaired) electrons. The fourth-order valence-corrected chi connectivity index (χ4v) is 10.8. The maximum atomic E-state index is 6.36. The van der Waals surface area contributed by atoms with Crippen molar-refractivity contribution in [3.05, 3.63) is 253 Å². The van der Waals surface area contributed by atoms with Gasteiger partial charge in [-0.25, -0.2) is 0 Å². The van der Waals surface area contributed by atoms with Gasteiger partial charge in [0.05, 0.1) is 16.8 Å². The summed E-state index contributed by atoms with van der Waals surface area (Å²) in [4.78, 5) is 4.88. The summed E-state index contributed by atoms with van der Waals surface area (Å²) in [5.74, 6) is 0. The van der Waals surface area contributed by atoms with E-state index >= 15 is 0 Å². The molecule has 1 unspecified atom stereocenters. The molecule has 290 valence electrons. The van der Waals surface area contributed by atoms with Crippen LogP contribution in [0.3, 0.4) is 0 Å². The van der Waals surface area contributed by atoms with Crippen molar-refractivity contribution in [1.82, 2.24) is 0 Å². The third-order valence-electron chi connectivity index (χ3n) is 13.2. The first-order valence-electron chi connectivity index (χ1n) is 21.4. The predicted molar refractivity (Wildman–Crippen MR) is 257 cm³/mol. The molecule has 0 N–H and O–H groups in total. The molecule has 13 rings (SSSR count). The van der Waals surface area contributed by atoms with E-state index in [1.54, 1.807) is 0 Å². The van der Waals surface area contributed by atoms with Gasteiger partial charge in [-0.2, -0.15) is 0 Å². The Morgan fingerprint density at radius 2 is 0.790 bits per heavy atom. The van der Waals surface area contributed by atoms with E-state index in [9.17, 15) is 0 Å². The van der Waals surface area contributed by atoms with Crippen molar-refractivity contribution < 1.29 is 4.42 Å². The molecule has 1 spiro atoms. The minimum absolute atomic E-state index is 0.598. The molecule has 2 aliphatic rings. The van der Waals surface area contributed by atoms with Crippen LogP contribution in [0.5, 0.6) is 0 Å². The Morgan fingerprint density at radius 1 is 0.290 bits per heavy atom. The normalized spacial score (nSPS) is 14.5. The summed E-state index contributed by atoms with van der Waals surface area (Å²) in [6, 6.07) is 84.1. The number of hydrogen-bond acceptors (Lipinski definition) is 3. The van der Waals surface area contributed by atoms with Crippen molar-refractivity contribution in [3.8, 4) is 22.3 Å². The van der Waals surface area contributed by atoms with Gasteiger partial charge in [0.15, 0.2) is 0 Å². The van der Waals surface area contributed by atoms with Crippen molar-refractivity contribution in [2.24, 2.45) is 0 Å². The number of anilines is 6. The van der Waals surface area contributed by atoms with Gasteiger partial charge in [-0.1, -0.05) is 158 Å². The molecule has 1 aromatic heterocycles. The van der Waals surface area contributed by atoms with Crippen LogP contribution in [0.4, 0.5) is 34.1 Å². The Hall–Kier alpha value is -8.14. The third-order valence-corrected chi connectivity index (χ3v) is 13.2. The first-order valence-corrected chi connectivity index (χ1v) is 21.4. The van der Waals surface area contributed by atoms with Crippen molar-refractivity contribution in [3.63, 3.8) is 0 Å². The molecule has 62 heavy (non-hydrogen) atoms. The molecule has 1 atom stereocenters. The quantitative estimate of drug-likeness (QED) is 0.167. The van der Waals surface area contributed by atoms with Crippen LogP contribution in [0.15, 0.2) is 235 Å². The second kappa shape index (κ2) is 13.4. The smallest absolute Gasteiger partial charge is 0.135 e. The van der Waals surface area contributed by atoms with Gasteiger partial charge in [0, 0.05) is 44.5 Å². The average Bonchev–Trinajstić information content (AvgIpc) is 3.97. The molecule has 0 saturated carbocycles. The molecule has 2 aliphatic carbocycles. The summed E-state index contributed by atoms with van der Waals surface area (Å²) in [6.45, 7) is 0. The van der Waals surface area contributed by atoms with E-state index in [0.717, 1.165) is 56.1 Å². The van der Waals surface area contributed by atoms with Crippen LogP contribution >= 0.6 is 0 Å². The molecular weight excluding hydrogens is 753 g/mol. The van der Waals surface area contributed by atoms with Crippen LogP contribution in [0.2, 0.25) is 0 Å². The number of para-hydroxylation sites is 4. The van der Waals surface area contributed by atoms with Crippen LogP contribution in [0, 0.1) is 0 Å². The van der Waals surface area contributed by atoms with Gasteiger partial charge < -0.3 is 14.2 Å². The van der Waals surface area contributed by atoms with E-state index in [0.29, 0.717) is 0 Å². The number of hydrogen-bond donors (Lipinski definition) is 0. The van der Waals surface area contributed by atoms with E-state index in [1.807, 2.05) is 6.07 Å². The Labute approximate surface area is 360 Å². The first kappa shape index (κ1) is 34.7. The Bertz CT molecular complexity index is 3500. The highest BCUT2D eigenvalue weighted by Crippen LogP contribution is 2.66. The number of fused-ring (bicyclic) bond motifs is 15. The number of furan rings is 1. The maximum absolute atomic E-state index is 6.36. The van der Waals surface area contributed by atoms with Crippen LogP contribution in [0.25, 0.3) is 55.0 Å². The molecule has 3 nitrogen and oxygen atoms in total. The van der Waals surface area contributed by atoms with Crippen molar-refractivity contribution in [2.75, 3.05) is 9.80 Å². The van der Waals surface area contributed by atoms with Crippen LogP contribution in [-0.2, 0) is 5.41 Å². The SMILES string of the molecule is c1ccc(N(c2ccccc2)c2cccc3c2-c2ccccc2C32c3ccccc3-c3c2cc(N(c2ccccc2)c2ccc4oc5ccccc5c4c2)c2ccccc32)cc1. The van der Waals surface area contributed by atoms with E-state index in [2.05, 4.69) is 234 Å². The van der Waals surface area contributed by atoms with E-state index in [-0.39, 0.29) is 0 Å². The minimum atomic E-state index is -0.598. The summed E-state index contributed by atoms with van der Waals surface area (Å²) < 4.78 is 6.36. The largest absolute Gasteiger partial charge is 0.456 e. The molecule has 11 aromatic rings. The number of benzene rings is 10. The van der Waals surface area contributed by atoms with Gasteiger partial charge in [0.1, 0.15) is 11.2 Å². The summed E-state index contributed by atoms with van der Waals surface area (Å²) in [6.07, 6.45) is 0. The standard InChI is InChI=1S/C59H38N2O/c1-4-19-39(20-5-1)60(40-21-6-2-7-22-40)53-33-18-32-51-58(53)47-29-13-16-31-50(47)59(51)49-30-15-12-28-46(49)57-45-27-11-10-25-43(45)54(38-52(57)59)61(41-23-8-3-9-24-41)42-35-36-56-48(37-42)44-26-14-17-34-55(44)62-56/h1-38H. The summed E-state index contributed by atoms with van der Waals surface area (Å²) >= 11 is 0. The fourth-order valence-electron chi connectivity index (χ4n) is 10.8. The topological polar surface area (TPSA) is 19.6 Å². The highest BCUT2D eigenvalue weighted by molar-refractivity contribution is 6.13. The molecule has 0 aliphatic heterocycles. The second-order valence-electron chi connectivity index (χ2n) is 16.4. The molecule has 0 fully saturated rings. The lowest BCUT2D eigenvalue weighted by Crippen LogP contribution is -2.26. The second-order valence-corrected chi connectivity index (χ2v) is 16.4. The van der Waals surface area contributed by atoms with Crippen LogP contribution < -0.4 is 9.80 Å². The van der Waals surface area contributed by atoms with Gasteiger partial charge >= 0.3 is 0 Å². The maximum Gasteiger partial charge on any atom is 0.135 e. The van der Waals surface area contributed by atoms with Crippen molar-refractivity contribution in [1.29, 1.82) is 0 Å². The van der Waals surface area contributed by atoms with E-state index < -0.39 is 5.41 Å². The Balaban J connectivity index is 1.14. The predicted octanol–water partition coefficient (Wildman–Crippen LogP) is 16.0. The zero-order valence-corrected chi connectivity index (χ0v) is 33.7. The van der Waals surface area contributed by atoms with E-state index in [4.69, 9.17) is 4.42 Å². The molecule has 0 amide bonds. The van der Waals surface area contributed by atoms with Crippen molar-refractivity contribution in [2.45, 2.75) is 5.41 Å². The lowest BCUT2D eigenvalue weighted by Gasteiger charge is -2.33. The summed E-state index contributed by atoms with van der Waals surface area (Å²) in [7, 11) is 0. The zero-order chi connectivity index (χ0) is 40.8. The van der Waals surface area contributed by atoms with E-state index in [1.165, 1.54) is 55.3 Å². The highest BCUT2D eigenvalue weighted by Gasteiger charge is 2.53. The lowest BCUT2D eigenvalue weighted by molar-refractivity contribution is 0.669. The third kappa shape index (κ3) is 4.82. The van der Waals surface area contributed by atoms with Gasteiger partial charge in [0.25, 0.3) is 0 Å². The van der Waals surface area contributed by atoms with Gasteiger partial charge in [-0.05, 0) is 117 Å². The Kier molecular flexibility index (Phi) is 7.52. The number of rotatable bonds is 6. The summed E-state index contributed by atoms with van der Waals surface area (Å²) in [5, 5.41) is 4.64. The Morgan fingerprint density at radius 3 is 1.45 bits per heavy atom. The zero-order valence-electron chi connectivity index (χ0n) is 33.7. The van der Waals surface area contributed by atoms with Gasteiger partial charge in [0.2, 0.25) is 0 Å². The highest BCUT2D eigenvalue weighted by atomic mass is 16.3. The lowest BCUT2D eigenvalue weighted by atomic mass is 9.70. The van der Waals surface area contributed by atoms with Gasteiger partial charge in [-0.15, -0.1) is 0 Å². The molecular formula is C59H38N2O. The minimum Gasteiger partial charge on any atom is -0.456 e. The monoisotopic (exact) mass is 790 g/mol. The fraction of sp³-hybridized carbons (Fsp3) is 0.0169. The van der Waals surface area contributed by atoms with Crippen LogP contribution in [-0.4, -0.2) is 0 Å². The average molecular weight is 791 g/mol. The van der Waals surface area contributed by atoms with Crippen LogP contribution in [0.1, 0.15) is 22.3 Å². The molecule has 3 heteroatoms. The molecule has 0 saturated heterocycles. The molecule has 0 bridgehead atoms. The molecule has 10 aromatic carbocycles. The first-order chi connectivity index (χ1) is 30.8. The number of nitrogens with zero attached hydrogens (tertiary/aromatic N) is 2. The summed E-state index contributed by atoms with van der Waals surface area (Å²) in [5.41, 5.74) is 18.1. The van der Waals surface area contributed by atoms with Crippen molar-refractivity contribution >= 4 is 66.8 Å². The molecule has 1 heterocycles. The van der Waals surface area contributed by atoms with Gasteiger partial charge in [-0.3, -0.25) is 0 Å².